The first-order valence-electron chi connectivity index (χ1n) is 4.64. The predicted molar refractivity (Wildman–Crippen MR) is 62.9 cm³/mol. The molecule has 0 bridgehead atoms. The lowest BCUT2D eigenvalue weighted by atomic mass is 10.1. The molecule has 0 spiro atoms. The fraction of sp³-hybridized carbons (Fsp3) is 0.0769. The second kappa shape index (κ2) is 2.82. The van der Waals surface area contributed by atoms with Crippen LogP contribution in [0.4, 0.5) is 0 Å². The molecule has 0 fully saturated rings. The third-order valence-corrected chi connectivity index (χ3v) is 3.54. The van der Waals surface area contributed by atoms with Gasteiger partial charge < -0.3 is 0 Å². The maximum absolute atomic E-state index is 3.35. The van der Waals surface area contributed by atoms with E-state index >= 15 is 0 Å². The summed E-state index contributed by atoms with van der Waals surface area (Å²) in [6.45, 7) is 2.11. The monoisotopic (exact) mass is 197 g/mol. The Morgan fingerprint density at radius 2 is 2.00 bits per heavy atom. The molecule has 67 valence electrons. The molecule has 1 aromatic heterocycles. The van der Waals surface area contributed by atoms with Gasteiger partial charge in [-0.05, 0) is 30.7 Å². The average Bonchev–Trinajstić information content (AvgIpc) is 2.54. The standard InChI is InChI=1S/C13H9S/c1-9-6-7-11-10-4-2-3-5-12(10)14-13(11)8-9/h2-6,8H,1H3. The second-order valence-electron chi connectivity index (χ2n) is 3.51. The Bertz CT molecular complexity index is 605. The first-order chi connectivity index (χ1) is 6.84. The topological polar surface area (TPSA) is 0 Å². The van der Waals surface area contributed by atoms with Crippen LogP contribution < -0.4 is 0 Å². The molecule has 14 heavy (non-hydrogen) atoms. The van der Waals surface area contributed by atoms with Crippen molar-refractivity contribution in [2.75, 3.05) is 0 Å². The van der Waals surface area contributed by atoms with E-state index in [-0.39, 0.29) is 0 Å². The average molecular weight is 197 g/mol. The van der Waals surface area contributed by atoms with Gasteiger partial charge in [0, 0.05) is 20.2 Å². The Balaban J connectivity index is 2.57. The first kappa shape index (κ1) is 8.01. The van der Waals surface area contributed by atoms with Crippen LogP contribution in [-0.4, -0.2) is 0 Å². The summed E-state index contributed by atoms with van der Waals surface area (Å²) >= 11 is 1.84. The highest BCUT2D eigenvalue weighted by molar-refractivity contribution is 7.25. The van der Waals surface area contributed by atoms with E-state index in [1.54, 1.807) is 0 Å². The summed E-state index contributed by atoms with van der Waals surface area (Å²) < 4.78 is 2.69. The normalized spacial score (nSPS) is 11.2. The van der Waals surface area contributed by atoms with E-state index < -0.39 is 0 Å². The summed E-state index contributed by atoms with van der Waals surface area (Å²) in [5.74, 6) is 0. The van der Waals surface area contributed by atoms with Crippen molar-refractivity contribution in [3.8, 4) is 0 Å². The minimum absolute atomic E-state index is 1.26. The molecule has 1 radical (unpaired) electrons. The van der Waals surface area contributed by atoms with Gasteiger partial charge in [-0.3, -0.25) is 0 Å². The maximum atomic E-state index is 3.35. The first-order valence-corrected chi connectivity index (χ1v) is 5.46. The predicted octanol–water partition coefficient (Wildman–Crippen LogP) is 4.16. The van der Waals surface area contributed by atoms with E-state index in [2.05, 4.69) is 49.4 Å². The zero-order valence-corrected chi connectivity index (χ0v) is 8.69. The molecule has 0 N–H and O–H groups in total. The molecule has 0 aliphatic heterocycles. The molecular weight excluding hydrogens is 188 g/mol. The number of fused-ring (bicyclic) bond motifs is 3. The van der Waals surface area contributed by atoms with Gasteiger partial charge in [0.2, 0.25) is 0 Å². The zero-order chi connectivity index (χ0) is 9.54. The van der Waals surface area contributed by atoms with Crippen LogP contribution in [-0.2, 0) is 0 Å². The number of aryl methyl sites for hydroxylation is 1. The van der Waals surface area contributed by atoms with Crippen LogP contribution in [0.1, 0.15) is 5.56 Å². The van der Waals surface area contributed by atoms with Gasteiger partial charge in [-0.2, -0.15) is 0 Å². The fourth-order valence-electron chi connectivity index (χ4n) is 1.75. The molecule has 0 unspecified atom stereocenters. The Labute approximate surface area is 86.8 Å². The SMILES string of the molecule is Cc1c[c]c2c(c1)sc1ccccc12. The van der Waals surface area contributed by atoms with Crippen LogP contribution in [0.15, 0.2) is 36.4 Å². The zero-order valence-electron chi connectivity index (χ0n) is 7.87. The smallest absolute Gasteiger partial charge is 0.0364 e. The molecule has 0 aliphatic rings. The van der Waals surface area contributed by atoms with Gasteiger partial charge in [-0.25, -0.2) is 0 Å². The summed E-state index contributed by atoms with van der Waals surface area (Å²) in [7, 11) is 0. The second-order valence-corrected chi connectivity index (χ2v) is 4.60. The van der Waals surface area contributed by atoms with Crippen molar-refractivity contribution >= 4 is 31.5 Å². The number of hydrogen-bond donors (Lipinski definition) is 0. The molecule has 2 aromatic carbocycles. The van der Waals surface area contributed by atoms with Gasteiger partial charge in [0.25, 0.3) is 0 Å². The molecule has 3 aromatic rings. The van der Waals surface area contributed by atoms with Crippen molar-refractivity contribution in [3.63, 3.8) is 0 Å². The van der Waals surface area contributed by atoms with E-state index in [0.29, 0.717) is 0 Å². The van der Waals surface area contributed by atoms with Crippen molar-refractivity contribution in [1.82, 2.24) is 0 Å². The van der Waals surface area contributed by atoms with E-state index in [4.69, 9.17) is 0 Å². The largest absolute Gasteiger partial charge is 0.135 e. The van der Waals surface area contributed by atoms with E-state index in [1.165, 1.54) is 25.7 Å². The summed E-state index contributed by atoms with van der Waals surface area (Å²) in [4.78, 5) is 0. The van der Waals surface area contributed by atoms with Crippen molar-refractivity contribution in [2.24, 2.45) is 0 Å². The molecule has 0 saturated carbocycles. The van der Waals surface area contributed by atoms with Gasteiger partial charge >= 0.3 is 0 Å². The van der Waals surface area contributed by atoms with Crippen molar-refractivity contribution in [2.45, 2.75) is 6.92 Å². The molecule has 1 heteroatoms. The number of hydrogen-bond acceptors (Lipinski definition) is 1. The third kappa shape index (κ3) is 1.06. The highest BCUT2D eigenvalue weighted by Crippen LogP contribution is 2.33. The molecule has 0 aliphatic carbocycles. The van der Waals surface area contributed by atoms with Crippen molar-refractivity contribution in [1.29, 1.82) is 0 Å². The minimum Gasteiger partial charge on any atom is -0.135 e. The third-order valence-electron chi connectivity index (χ3n) is 2.43. The Morgan fingerprint density at radius 1 is 1.14 bits per heavy atom. The van der Waals surface area contributed by atoms with Crippen molar-refractivity contribution in [3.05, 3.63) is 48.0 Å². The highest BCUT2D eigenvalue weighted by Gasteiger charge is 2.03. The van der Waals surface area contributed by atoms with Crippen LogP contribution in [0.25, 0.3) is 20.2 Å². The van der Waals surface area contributed by atoms with Crippen LogP contribution in [0, 0.1) is 13.0 Å². The summed E-state index contributed by atoms with van der Waals surface area (Å²) in [6.07, 6.45) is 0. The lowest BCUT2D eigenvalue weighted by Gasteiger charge is -1.91. The lowest BCUT2D eigenvalue weighted by Crippen LogP contribution is -1.69. The molecule has 0 atom stereocenters. The quantitative estimate of drug-likeness (QED) is 0.507. The Morgan fingerprint density at radius 3 is 2.93 bits per heavy atom. The van der Waals surface area contributed by atoms with Gasteiger partial charge in [0.05, 0.1) is 0 Å². The van der Waals surface area contributed by atoms with Gasteiger partial charge in [-0.1, -0.05) is 24.3 Å². The van der Waals surface area contributed by atoms with E-state index in [1.807, 2.05) is 11.3 Å². The highest BCUT2D eigenvalue weighted by atomic mass is 32.1. The van der Waals surface area contributed by atoms with Crippen molar-refractivity contribution < 1.29 is 0 Å². The fourth-order valence-corrected chi connectivity index (χ4v) is 2.93. The molecule has 3 rings (SSSR count). The molecule has 0 nitrogen and oxygen atoms in total. The molecular formula is C13H9S. The Hall–Kier alpha value is -1.34. The number of benzene rings is 2. The minimum atomic E-state index is 1.26. The van der Waals surface area contributed by atoms with E-state index in [9.17, 15) is 0 Å². The number of rotatable bonds is 0. The summed E-state index contributed by atoms with van der Waals surface area (Å²) in [5, 5.41) is 2.59. The summed E-state index contributed by atoms with van der Waals surface area (Å²) in [5.41, 5.74) is 1.28. The van der Waals surface area contributed by atoms with Gasteiger partial charge in [0.15, 0.2) is 0 Å². The van der Waals surface area contributed by atoms with Crippen LogP contribution in [0.5, 0.6) is 0 Å². The van der Waals surface area contributed by atoms with Gasteiger partial charge in [-0.15, -0.1) is 11.3 Å². The van der Waals surface area contributed by atoms with E-state index in [0.717, 1.165) is 0 Å². The molecule has 0 saturated heterocycles. The molecule has 1 heterocycles. The van der Waals surface area contributed by atoms with Crippen LogP contribution >= 0.6 is 11.3 Å². The number of thiophene rings is 1. The van der Waals surface area contributed by atoms with Crippen LogP contribution in [0.2, 0.25) is 0 Å². The lowest BCUT2D eigenvalue weighted by molar-refractivity contribution is 1.51. The maximum Gasteiger partial charge on any atom is 0.0364 e. The molecule has 0 amide bonds. The van der Waals surface area contributed by atoms with Crippen LogP contribution in [0.3, 0.4) is 0 Å². The Kier molecular flexibility index (Phi) is 1.62. The van der Waals surface area contributed by atoms with Gasteiger partial charge in [0.1, 0.15) is 0 Å². The summed E-state index contributed by atoms with van der Waals surface area (Å²) in [6, 6.07) is 16.2.